The van der Waals surface area contributed by atoms with Gasteiger partial charge < -0.3 is 14.8 Å². The third kappa shape index (κ3) is 4.78. The van der Waals surface area contributed by atoms with Crippen LogP contribution in [0.25, 0.3) is 0 Å². The van der Waals surface area contributed by atoms with Crippen LogP contribution in [0.1, 0.15) is 20.8 Å². The summed E-state index contributed by atoms with van der Waals surface area (Å²) in [6.45, 7) is 11.1. The third-order valence-corrected chi connectivity index (χ3v) is 3.01. The number of morpholine rings is 1. The Kier molecular flexibility index (Phi) is 6.28. The van der Waals surface area contributed by atoms with E-state index in [0.717, 1.165) is 32.8 Å². The molecule has 0 aromatic carbocycles. The summed E-state index contributed by atoms with van der Waals surface area (Å²) in [4.78, 5) is 2.47. The van der Waals surface area contributed by atoms with Crippen molar-refractivity contribution >= 4 is 0 Å². The van der Waals surface area contributed by atoms with Crippen LogP contribution in [0.5, 0.6) is 0 Å². The normalized spacial score (nSPS) is 24.9. The van der Waals surface area contributed by atoms with Gasteiger partial charge in [0.05, 0.1) is 19.3 Å². The van der Waals surface area contributed by atoms with Gasteiger partial charge in [0.2, 0.25) is 0 Å². The van der Waals surface area contributed by atoms with Gasteiger partial charge in [0.1, 0.15) is 0 Å². The fourth-order valence-electron chi connectivity index (χ4n) is 1.89. The predicted octanol–water partition coefficient (Wildman–Crippen LogP) is 0.720. The average molecular weight is 230 g/mol. The molecule has 4 heteroatoms. The van der Waals surface area contributed by atoms with Crippen LogP contribution in [0.15, 0.2) is 0 Å². The van der Waals surface area contributed by atoms with Gasteiger partial charge in [-0.3, -0.25) is 4.90 Å². The minimum absolute atomic E-state index is 0.291. The molecule has 0 aromatic rings. The number of hydrogen-bond acceptors (Lipinski definition) is 4. The molecule has 1 aliphatic rings. The SMILES string of the molecule is COC(C)CN1CCOCC1CNC(C)C. The summed E-state index contributed by atoms with van der Waals surface area (Å²) in [5, 5.41) is 3.47. The molecule has 0 aliphatic carbocycles. The van der Waals surface area contributed by atoms with Crippen molar-refractivity contribution in [1.82, 2.24) is 10.2 Å². The first-order valence-electron chi connectivity index (χ1n) is 6.21. The highest BCUT2D eigenvalue weighted by atomic mass is 16.5. The molecule has 0 amide bonds. The Labute approximate surface area is 99.3 Å². The van der Waals surface area contributed by atoms with E-state index in [1.54, 1.807) is 7.11 Å². The van der Waals surface area contributed by atoms with Crippen molar-refractivity contribution in [3.05, 3.63) is 0 Å². The van der Waals surface area contributed by atoms with Crippen LogP contribution in [0.3, 0.4) is 0 Å². The van der Waals surface area contributed by atoms with E-state index in [2.05, 4.69) is 31.0 Å². The molecule has 4 nitrogen and oxygen atoms in total. The molecule has 1 N–H and O–H groups in total. The summed E-state index contributed by atoms with van der Waals surface area (Å²) in [6, 6.07) is 1.01. The highest BCUT2D eigenvalue weighted by Crippen LogP contribution is 2.08. The van der Waals surface area contributed by atoms with E-state index in [1.165, 1.54) is 0 Å². The molecule has 1 fully saturated rings. The molecule has 1 saturated heterocycles. The molecule has 0 bridgehead atoms. The van der Waals surface area contributed by atoms with Crippen LogP contribution in [0.2, 0.25) is 0 Å². The minimum Gasteiger partial charge on any atom is -0.380 e. The van der Waals surface area contributed by atoms with Crippen molar-refractivity contribution in [3.63, 3.8) is 0 Å². The molecule has 0 aromatic heterocycles. The van der Waals surface area contributed by atoms with E-state index >= 15 is 0 Å². The highest BCUT2D eigenvalue weighted by Gasteiger charge is 2.24. The lowest BCUT2D eigenvalue weighted by Gasteiger charge is -2.37. The lowest BCUT2D eigenvalue weighted by atomic mass is 10.2. The molecule has 16 heavy (non-hydrogen) atoms. The van der Waals surface area contributed by atoms with Crippen LogP contribution < -0.4 is 5.32 Å². The summed E-state index contributed by atoms with van der Waals surface area (Å²) in [7, 11) is 1.77. The number of ether oxygens (including phenoxy) is 2. The second kappa shape index (κ2) is 7.22. The zero-order valence-corrected chi connectivity index (χ0v) is 11.0. The molecule has 96 valence electrons. The Morgan fingerprint density at radius 3 is 2.81 bits per heavy atom. The van der Waals surface area contributed by atoms with Crippen LogP contribution in [-0.2, 0) is 9.47 Å². The number of rotatable bonds is 6. The summed E-state index contributed by atoms with van der Waals surface area (Å²) in [6.07, 6.45) is 0.291. The second-order valence-electron chi connectivity index (χ2n) is 4.83. The van der Waals surface area contributed by atoms with Crippen molar-refractivity contribution in [1.29, 1.82) is 0 Å². The molecular weight excluding hydrogens is 204 g/mol. The smallest absolute Gasteiger partial charge is 0.0670 e. The van der Waals surface area contributed by atoms with E-state index in [9.17, 15) is 0 Å². The van der Waals surface area contributed by atoms with Gasteiger partial charge in [-0.1, -0.05) is 13.8 Å². The van der Waals surface area contributed by atoms with Gasteiger partial charge in [-0.05, 0) is 6.92 Å². The fourth-order valence-corrected chi connectivity index (χ4v) is 1.89. The number of nitrogens with one attached hydrogen (secondary N) is 1. The van der Waals surface area contributed by atoms with Crippen LogP contribution in [-0.4, -0.2) is 63.0 Å². The van der Waals surface area contributed by atoms with Crippen molar-refractivity contribution < 1.29 is 9.47 Å². The first-order valence-corrected chi connectivity index (χ1v) is 6.21. The molecule has 0 radical (unpaired) electrons. The lowest BCUT2D eigenvalue weighted by molar-refractivity contribution is -0.0300. The van der Waals surface area contributed by atoms with Crippen LogP contribution >= 0.6 is 0 Å². The number of nitrogens with zero attached hydrogens (tertiary/aromatic N) is 1. The first-order chi connectivity index (χ1) is 7.63. The Hall–Kier alpha value is -0.160. The predicted molar refractivity (Wildman–Crippen MR) is 65.8 cm³/mol. The maximum Gasteiger partial charge on any atom is 0.0670 e. The molecule has 0 spiro atoms. The van der Waals surface area contributed by atoms with E-state index in [0.29, 0.717) is 18.2 Å². The number of methoxy groups -OCH3 is 1. The van der Waals surface area contributed by atoms with Gasteiger partial charge in [0.25, 0.3) is 0 Å². The minimum atomic E-state index is 0.291. The molecule has 2 unspecified atom stereocenters. The molecular formula is C12H26N2O2. The van der Waals surface area contributed by atoms with E-state index in [4.69, 9.17) is 9.47 Å². The lowest BCUT2D eigenvalue weighted by Crippen LogP contribution is -2.53. The Balaban J connectivity index is 2.37. The molecule has 2 atom stereocenters. The van der Waals surface area contributed by atoms with Gasteiger partial charge in [-0.15, -0.1) is 0 Å². The number of hydrogen-bond donors (Lipinski definition) is 1. The summed E-state index contributed by atoms with van der Waals surface area (Å²) >= 11 is 0. The topological polar surface area (TPSA) is 33.7 Å². The largest absolute Gasteiger partial charge is 0.380 e. The Morgan fingerprint density at radius 1 is 1.44 bits per heavy atom. The van der Waals surface area contributed by atoms with E-state index in [1.807, 2.05) is 0 Å². The van der Waals surface area contributed by atoms with Crippen molar-refractivity contribution in [2.75, 3.05) is 40.0 Å². The van der Waals surface area contributed by atoms with Crippen LogP contribution in [0, 0.1) is 0 Å². The maximum absolute atomic E-state index is 5.54. The second-order valence-corrected chi connectivity index (χ2v) is 4.83. The quantitative estimate of drug-likeness (QED) is 0.729. The van der Waals surface area contributed by atoms with Gasteiger partial charge in [0.15, 0.2) is 0 Å². The third-order valence-electron chi connectivity index (χ3n) is 3.01. The fraction of sp³-hybridized carbons (Fsp3) is 1.00. The highest BCUT2D eigenvalue weighted by molar-refractivity contribution is 4.79. The summed E-state index contributed by atoms with van der Waals surface area (Å²) in [5.74, 6) is 0. The Bertz CT molecular complexity index is 188. The van der Waals surface area contributed by atoms with Gasteiger partial charge in [-0.25, -0.2) is 0 Å². The van der Waals surface area contributed by atoms with Crippen molar-refractivity contribution in [3.8, 4) is 0 Å². The van der Waals surface area contributed by atoms with Crippen molar-refractivity contribution in [2.24, 2.45) is 0 Å². The first kappa shape index (κ1) is 13.9. The molecule has 0 saturated carbocycles. The van der Waals surface area contributed by atoms with E-state index in [-0.39, 0.29) is 0 Å². The van der Waals surface area contributed by atoms with E-state index < -0.39 is 0 Å². The van der Waals surface area contributed by atoms with Gasteiger partial charge >= 0.3 is 0 Å². The van der Waals surface area contributed by atoms with Crippen molar-refractivity contribution in [2.45, 2.75) is 39.0 Å². The van der Waals surface area contributed by atoms with Crippen LogP contribution in [0.4, 0.5) is 0 Å². The molecule has 1 heterocycles. The zero-order valence-electron chi connectivity index (χ0n) is 11.0. The zero-order chi connectivity index (χ0) is 12.0. The monoisotopic (exact) mass is 230 g/mol. The summed E-state index contributed by atoms with van der Waals surface area (Å²) < 4.78 is 10.9. The average Bonchev–Trinajstić information content (AvgIpc) is 2.27. The standard InChI is InChI=1S/C12H26N2O2/c1-10(2)13-7-12-9-16-6-5-14(12)8-11(3)15-4/h10-13H,5-9H2,1-4H3. The summed E-state index contributed by atoms with van der Waals surface area (Å²) in [5.41, 5.74) is 0. The van der Waals surface area contributed by atoms with Gasteiger partial charge in [0, 0.05) is 38.8 Å². The van der Waals surface area contributed by atoms with Gasteiger partial charge in [-0.2, -0.15) is 0 Å². The Morgan fingerprint density at radius 2 is 2.19 bits per heavy atom. The molecule has 1 rings (SSSR count). The molecule has 1 aliphatic heterocycles. The maximum atomic E-state index is 5.54.